The Morgan fingerprint density at radius 2 is 0.966 bits per heavy atom. The molecule has 3 N–H and O–H groups in total. The summed E-state index contributed by atoms with van der Waals surface area (Å²) in [7, 11) is 0. The van der Waals surface area contributed by atoms with Gasteiger partial charge in [-0.15, -0.1) is 0 Å². The number of halogens is 15. The third-order valence-corrected chi connectivity index (χ3v) is 2.92. The van der Waals surface area contributed by atoms with Gasteiger partial charge in [0, 0.05) is 0 Å². The molecule has 0 heterocycles. The monoisotopic (exact) mass is 471 g/mol. The van der Waals surface area contributed by atoms with Crippen LogP contribution in [-0.4, -0.2) is 54.3 Å². The first-order valence-corrected chi connectivity index (χ1v) is 6.10. The van der Waals surface area contributed by atoms with E-state index in [-0.39, 0.29) is 6.15 Å². The summed E-state index contributed by atoms with van der Waals surface area (Å²) < 4.78 is 195. The van der Waals surface area contributed by atoms with Crippen LogP contribution in [0.1, 0.15) is 0 Å². The predicted octanol–water partition coefficient (Wildman–Crippen LogP) is 5.25. The Labute approximate surface area is 150 Å². The standard InChI is InChI=1S/C11H5F15O2.H3N/c1-2-3-28-4(27)5(12,13)6(14,15)7(16,17)8(18,19)9(20,21)10(22,23)11(24,25)26;/h2H,1,3H2;1H3. The fourth-order valence-electron chi connectivity index (χ4n) is 1.32. The Kier molecular flexibility index (Phi) is 7.83. The Morgan fingerprint density at radius 1 is 0.655 bits per heavy atom. The van der Waals surface area contributed by atoms with Crippen molar-refractivity contribution in [3.63, 3.8) is 0 Å². The molecule has 0 aromatic carbocycles. The minimum absolute atomic E-state index is 0. The molecule has 0 aliphatic carbocycles. The van der Waals surface area contributed by atoms with Gasteiger partial charge in [-0.3, -0.25) is 0 Å². The molecule has 29 heavy (non-hydrogen) atoms. The van der Waals surface area contributed by atoms with E-state index in [2.05, 4.69) is 11.3 Å². The highest BCUT2D eigenvalue weighted by molar-refractivity contribution is 5.79. The number of carbonyl (C=O) groups excluding carboxylic acids is 1. The maximum atomic E-state index is 13.2. The largest absolute Gasteiger partial charge is 0.460 e. The minimum atomic E-state index is -8.44. The quantitative estimate of drug-likeness (QED) is 0.299. The van der Waals surface area contributed by atoms with E-state index in [0.717, 1.165) is 0 Å². The summed E-state index contributed by atoms with van der Waals surface area (Å²) in [4.78, 5) is 10.7. The molecular formula is C11H8F15NO2. The Balaban J connectivity index is 0. The van der Waals surface area contributed by atoms with Crippen molar-refractivity contribution in [1.82, 2.24) is 6.15 Å². The second kappa shape index (κ2) is 7.75. The van der Waals surface area contributed by atoms with Crippen LogP contribution >= 0.6 is 0 Å². The van der Waals surface area contributed by atoms with Gasteiger partial charge in [0.05, 0.1) is 0 Å². The molecule has 0 aliphatic heterocycles. The van der Waals surface area contributed by atoms with Gasteiger partial charge < -0.3 is 10.9 Å². The molecule has 0 atom stereocenters. The summed E-state index contributed by atoms with van der Waals surface area (Å²) in [5.41, 5.74) is 0. The third-order valence-electron chi connectivity index (χ3n) is 2.92. The molecule has 0 amide bonds. The fourth-order valence-corrected chi connectivity index (χ4v) is 1.32. The zero-order valence-electron chi connectivity index (χ0n) is 13.2. The number of esters is 1. The van der Waals surface area contributed by atoms with Gasteiger partial charge in [0.15, 0.2) is 0 Å². The molecule has 18 heteroatoms. The maximum absolute atomic E-state index is 13.2. The highest BCUT2D eigenvalue weighted by Crippen LogP contribution is 2.62. The van der Waals surface area contributed by atoms with Crippen LogP contribution in [0.25, 0.3) is 0 Å². The molecule has 0 aliphatic rings. The van der Waals surface area contributed by atoms with Crippen molar-refractivity contribution in [3.8, 4) is 0 Å². The van der Waals surface area contributed by atoms with Crippen LogP contribution in [-0.2, 0) is 9.53 Å². The molecular weight excluding hydrogens is 463 g/mol. The molecule has 0 saturated heterocycles. The smallest absolute Gasteiger partial charge is 0.457 e. The lowest BCUT2D eigenvalue weighted by molar-refractivity contribution is -0.450. The molecule has 0 aromatic heterocycles. The maximum Gasteiger partial charge on any atom is 0.460 e. The molecule has 3 nitrogen and oxygen atoms in total. The zero-order chi connectivity index (χ0) is 23.2. The van der Waals surface area contributed by atoms with Crippen LogP contribution < -0.4 is 6.15 Å². The summed E-state index contributed by atoms with van der Waals surface area (Å²) in [5.74, 6) is -51.9. The Morgan fingerprint density at radius 3 is 1.28 bits per heavy atom. The zero-order valence-corrected chi connectivity index (χ0v) is 13.2. The van der Waals surface area contributed by atoms with Gasteiger partial charge >= 0.3 is 47.7 Å². The molecule has 0 unspecified atom stereocenters. The highest BCUT2D eigenvalue weighted by atomic mass is 19.4. The summed E-state index contributed by atoms with van der Waals surface area (Å²) in [6, 6.07) is 0. The lowest BCUT2D eigenvalue weighted by Crippen LogP contribution is -2.73. The van der Waals surface area contributed by atoms with Crippen LogP contribution in [0, 0.1) is 0 Å². The number of ether oxygens (including phenoxy) is 1. The summed E-state index contributed by atoms with van der Waals surface area (Å²) in [5, 5.41) is 0. The second-order valence-corrected chi connectivity index (χ2v) is 4.83. The first-order chi connectivity index (χ1) is 12.0. The normalized spacial score (nSPS) is 14.9. The topological polar surface area (TPSA) is 61.3 Å². The Bertz CT molecular complexity index is 610. The average molecular weight is 471 g/mol. The van der Waals surface area contributed by atoms with Crippen molar-refractivity contribution in [2.75, 3.05) is 6.61 Å². The van der Waals surface area contributed by atoms with Crippen molar-refractivity contribution in [1.29, 1.82) is 0 Å². The molecule has 174 valence electrons. The van der Waals surface area contributed by atoms with Gasteiger partial charge in [-0.1, -0.05) is 12.7 Å². The van der Waals surface area contributed by atoms with Crippen molar-refractivity contribution in [2.24, 2.45) is 0 Å². The average Bonchev–Trinajstić information content (AvgIpc) is 2.50. The molecule has 0 bridgehead atoms. The van der Waals surface area contributed by atoms with E-state index >= 15 is 0 Å². The van der Waals surface area contributed by atoms with Gasteiger partial charge in [0.2, 0.25) is 0 Å². The highest BCUT2D eigenvalue weighted by Gasteiger charge is 2.94. The molecule has 0 spiro atoms. The van der Waals surface area contributed by atoms with Crippen LogP contribution in [0.3, 0.4) is 0 Å². The number of hydrogen-bond donors (Lipinski definition) is 1. The summed E-state index contributed by atoms with van der Waals surface area (Å²) in [6.07, 6.45) is -7.31. The van der Waals surface area contributed by atoms with E-state index in [4.69, 9.17) is 0 Å². The summed E-state index contributed by atoms with van der Waals surface area (Å²) >= 11 is 0. The number of hydrogen-bond acceptors (Lipinski definition) is 3. The molecule has 0 fully saturated rings. The number of carbonyl (C=O) groups is 1. The lowest BCUT2D eigenvalue weighted by Gasteiger charge is -2.40. The van der Waals surface area contributed by atoms with E-state index in [1.165, 1.54) is 0 Å². The van der Waals surface area contributed by atoms with E-state index in [9.17, 15) is 70.7 Å². The molecule has 0 aromatic rings. The van der Waals surface area contributed by atoms with E-state index in [1.54, 1.807) is 0 Å². The van der Waals surface area contributed by atoms with E-state index in [1.807, 2.05) is 0 Å². The fraction of sp³-hybridized carbons (Fsp3) is 0.727. The lowest BCUT2D eigenvalue weighted by atomic mass is 9.91. The van der Waals surface area contributed by atoms with Crippen LogP contribution in [0.2, 0.25) is 0 Å². The number of alkyl halides is 15. The van der Waals surface area contributed by atoms with Crippen molar-refractivity contribution >= 4 is 5.97 Å². The van der Waals surface area contributed by atoms with Crippen molar-refractivity contribution in [3.05, 3.63) is 12.7 Å². The third kappa shape index (κ3) is 3.94. The predicted molar refractivity (Wildman–Crippen MR) is 61.9 cm³/mol. The Hall–Kier alpha value is -1.88. The van der Waals surface area contributed by atoms with Crippen molar-refractivity contribution < 1.29 is 75.4 Å². The summed E-state index contributed by atoms with van der Waals surface area (Å²) in [6.45, 7) is 1.27. The molecule has 0 rings (SSSR count). The van der Waals surface area contributed by atoms with Crippen molar-refractivity contribution in [2.45, 2.75) is 41.7 Å². The van der Waals surface area contributed by atoms with Gasteiger partial charge in [0.1, 0.15) is 6.61 Å². The first kappa shape index (κ1) is 29.3. The molecule has 0 saturated carbocycles. The second-order valence-electron chi connectivity index (χ2n) is 4.83. The van der Waals surface area contributed by atoms with Gasteiger partial charge in [0.25, 0.3) is 0 Å². The van der Waals surface area contributed by atoms with Crippen LogP contribution in [0.15, 0.2) is 12.7 Å². The molecule has 0 radical (unpaired) electrons. The minimum Gasteiger partial charge on any atom is -0.457 e. The SMILES string of the molecule is C=CCOC(=O)C(F)(F)C(F)(F)C(F)(F)C(F)(F)C(F)(F)C(F)(F)C(F)(F)F.N. The van der Waals surface area contributed by atoms with Gasteiger partial charge in [-0.2, -0.15) is 65.9 Å². The number of rotatable bonds is 8. The van der Waals surface area contributed by atoms with Crippen LogP contribution in [0.4, 0.5) is 65.9 Å². The van der Waals surface area contributed by atoms with Crippen LogP contribution in [0.5, 0.6) is 0 Å². The first-order valence-electron chi connectivity index (χ1n) is 6.10. The van der Waals surface area contributed by atoms with Gasteiger partial charge in [-0.05, 0) is 0 Å². The van der Waals surface area contributed by atoms with E-state index < -0.39 is 54.3 Å². The van der Waals surface area contributed by atoms with E-state index in [0.29, 0.717) is 6.08 Å². The van der Waals surface area contributed by atoms with Gasteiger partial charge in [-0.25, -0.2) is 4.79 Å².